The predicted molar refractivity (Wildman–Crippen MR) is 316 cm³/mol. The van der Waals surface area contributed by atoms with E-state index in [0.29, 0.717) is 19.3 Å². The Hall–Kier alpha value is -3.93. The van der Waals surface area contributed by atoms with Crippen LogP contribution in [0.5, 0.6) is 0 Å². The summed E-state index contributed by atoms with van der Waals surface area (Å²) in [6.45, 7) is 6.43. The molecule has 1 atom stereocenters. The lowest BCUT2D eigenvalue weighted by Crippen LogP contribution is -2.30. The second-order valence-corrected chi connectivity index (χ2v) is 19.9. The molecular formula is C67H112O6. The lowest BCUT2D eigenvalue weighted by Gasteiger charge is -2.18. The second kappa shape index (κ2) is 60.6. The van der Waals surface area contributed by atoms with Crippen LogP contribution in [-0.2, 0) is 28.6 Å². The number of carbonyl (C=O) groups excluding carboxylic acids is 3. The van der Waals surface area contributed by atoms with Gasteiger partial charge < -0.3 is 14.2 Å². The number of ether oxygens (including phenoxy) is 3. The first kappa shape index (κ1) is 69.1. The number of hydrogen-bond donors (Lipinski definition) is 0. The van der Waals surface area contributed by atoms with Crippen molar-refractivity contribution in [2.24, 2.45) is 0 Å². The van der Waals surface area contributed by atoms with E-state index in [0.717, 1.165) is 141 Å². The summed E-state index contributed by atoms with van der Waals surface area (Å²) in [5.74, 6) is -0.919. The van der Waals surface area contributed by atoms with Gasteiger partial charge in [-0.25, -0.2) is 0 Å². The molecular weight excluding hydrogens is 901 g/mol. The van der Waals surface area contributed by atoms with Crippen LogP contribution in [0.15, 0.2) is 109 Å². The Bertz CT molecular complexity index is 1490. The zero-order valence-electron chi connectivity index (χ0n) is 47.6. The van der Waals surface area contributed by atoms with Crippen LogP contribution in [0, 0.1) is 0 Å². The van der Waals surface area contributed by atoms with E-state index in [1.54, 1.807) is 0 Å². The van der Waals surface area contributed by atoms with E-state index in [9.17, 15) is 14.4 Å². The summed E-state index contributed by atoms with van der Waals surface area (Å²) in [6, 6.07) is 0. The van der Waals surface area contributed by atoms with Gasteiger partial charge in [0.15, 0.2) is 6.10 Å². The lowest BCUT2D eigenvalue weighted by molar-refractivity contribution is -0.167. The molecule has 0 saturated carbocycles. The van der Waals surface area contributed by atoms with Crippen molar-refractivity contribution in [3.8, 4) is 0 Å². The minimum absolute atomic E-state index is 0.0904. The van der Waals surface area contributed by atoms with Gasteiger partial charge >= 0.3 is 17.9 Å². The molecule has 0 N–H and O–H groups in total. The summed E-state index contributed by atoms with van der Waals surface area (Å²) < 4.78 is 16.9. The molecule has 0 heterocycles. The smallest absolute Gasteiger partial charge is 0.306 e. The maximum Gasteiger partial charge on any atom is 0.306 e. The van der Waals surface area contributed by atoms with Crippen molar-refractivity contribution >= 4 is 17.9 Å². The summed E-state index contributed by atoms with van der Waals surface area (Å²) in [5.41, 5.74) is 0. The molecule has 0 saturated heterocycles. The Morgan fingerprint density at radius 2 is 0.534 bits per heavy atom. The van der Waals surface area contributed by atoms with Crippen LogP contribution in [0.3, 0.4) is 0 Å². The van der Waals surface area contributed by atoms with Gasteiger partial charge in [-0.2, -0.15) is 0 Å². The summed E-state index contributed by atoms with van der Waals surface area (Å²) in [7, 11) is 0. The van der Waals surface area contributed by atoms with E-state index in [2.05, 4.69) is 130 Å². The van der Waals surface area contributed by atoms with E-state index in [4.69, 9.17) is 14.2 Å². The Labute approximate surface area is 450 Å². The highest BCUT2D eigenvalue weighted by Gasteiger charge is 2.19. The fourth-order valence-electron chi connectivity index (χ4n) is 8.15. The summed E-state index contributed by atoms with van der Waals surface area (Å²) in [4.78, 5) is 38.2. The van der Waals surface area contributed by atoms with Crippen molar-refractivity contribution in [2.45, 2.75) is 284 Å². The van der Waals surface area contributed by atoms with Crippen molar-refractivity contribution in [2.75, 3.05) is 13.2 Å². The Kier molecular flexibility index (Phi) is 57.4. The molecule has 0 aromatic heterocycles. The van der Waals surface area contributed by atoms with Crippen LogP contribution in [0.2, 0.25) is 0 Å². The maximum atomic E-state index is 12.9. The second-order valence-electron chi connectivity index (χ2n) is 19.9. The topological polar surface area (TPSA) is 78.9 Å². The number of hydrogen-bond acceptors (Lipinski definition) is 6. The van der Waals surface area contributed by atoms with Gasteiger partial charge in [0.05, 0.1) is 0 Å². The molecule has 0 fully saturated rings. The van der Waals surface area contributed by atoms with Gasteiger partial charge in [0, 0.05) is 19.3 Å². The van der Waals surface area contributed by atoms with Crippen LogP contribution >= 0.6 is 0 Å². The van der Waals surface area contributed by atoms with Gasteiger partial charge in [0.1, 0.15) is 13.2 Å². The quantitative estimate of drug-likeness (QED) is 0.0261. The molecule has 0 spiro atoms. The third-order valence-electron chi connectivity index (χ3n) is 12.7. The van der Waals surface area contributed by atoms with Gasteiger partial charge in [-0.05, 0) is 116 Å². The van der Waals surface area contributed by atoms with E-state index in [1.807, 2.05) is 0 Å². The van der Waals surface area contributed by atoms with Crippen molar-refractivity contribution in [3.63, 3.8) is 0 Å². The van der Waals surface area contributed by atoms with Crippen molar-refractivity contribution < 1.29 is 28.6 Å². The van der Waals surface area contributed by atoms with Crippen LogP contribution in [0.1, 0.15) is 278 Å². The molecule has 0 aliphatic carbocycles. The van der Waals surface area contributed by atoms with Crippen LogP contribution in [-0.4, -0.2) is 37.2 Å². The fourth-order valence-corrected chi connectivity index (χ4v) is 8.15. The first-order valence-corrected chi connectivity index (χ1v) is 30.4. The molecule has 0 aliphatic rings. The molecule has 0 bridgehead atoms. The summed E-state index contributed by atoms with van der Waals surface area (Å²) in [6.07, 6.45) is 82.3. The van der Waals surface area contributed by atoms with E-state index < -0.39 is 6.10 Å². The highest BCUT2D eigenvalue weighted by atomic mass is 16.6. The van der Waals surface area contributed by atoms with Crippen molar-refractivity contribution in [3.05, 3.63) is 109 Å². The molecule has 6 heteroatoms. The molecule has 6 nitrogen and oxygen atoms in total. The van der Waals surface area contributed by atoms with E-state index in [-0.39, 0.29) is 31.1 Å². The molecule has 0 amide bonds. The van der Waals surface area contributed by atoms with E-state index >= 15 is 0 Å². The number of rotatable bonds is 54. The largest absolute Gasteiger partial charge is 0.462 e. The van der Waals surface area contributed by atoms with E-state index in [1.165, 1.54) is 96.3 Å². The molecule has 0 aromatic carbocycles. The Morgan fingerprint density at radius 1 is 0.288 bits per heavy atom. The molecule has 416 valence electrons. The number of unbranched alkanes of at least 4 members (excludes halogenated alkanes) is 25. The molecule has 1 unspecified atom stereocenters. The molecule has 0 rings (SSSR count). The highest BCUT2D eigenvalue weighted by Crippen LogP contribution is 2.15. The van der Waals surface area contributed by atoms with Gasteiger partial charge in [-0.1, -0.05) is 252 Å². The minimum atomic E-state index is -0.794. The zero-order chi connectivity index (χ0) is 52.9. The number of esters is 3. The standard InChI is InChI=1S/C67H112O6/c1-4-7-10-13-16-19-22-25-28-29-30-31-32-33-34-35-36-37-38-39-40-43-45-48-51-54-57-60-66(69)72-63-64(73-67(70)61-58-55-52-49-46-42-27-24-21-18-15-12-9-6-3)62-71-65(68)59-56-53-50-47-44-41-26-23-20-17-14-11-8-5-2/h7,10,14-19,23-28,30-31,33-34,64H,4-6,8-9,11-13,20-22,29,32,35-63H2,1-3H3/b10-7-,17-14-,18-15-,19-16-,26-23-,27-24-,28-25-,31-30-,34-33-. The number of carbonyl (C=O) groups is 3. The lowest BCUT2D eigenvalue weighted by atomic mass is 10.0. The molecule has 73 heavy (non-hydrogen) atoms. The Morgan fingerprint density at radius 3 is 0.836 bits per heavy atom. The number of allylic oxidation sites excluding steroid dienone is 18. The SMILES string of the molecule is CC/C=C\C/C=C\C/C=C\C/C=C\C/C=C\CCCCCCCCCCCCCC(=O)OCC(COC(=O)CCCCCCC/C=C\C/C=C\CCCC)OC(=O)CCCCCCC/C=C\C/C=C\CCCC. The first-order valence-electron chi connectivity index (χ1n) is 30.4. The Balaban J connectivity index is 4.31. The zero-order valence-corrected chi connectivity index (χ0v) is 47.6. The normalized spacial score (nSPS) is 12.9. The third kappa shape index (κ3) is 58.8. The van der Waals surface area contributed by atoms with Gasteiger partial charge in [-0.15, -0.1) is 0 Å². The van der Waals surface area contributed by atoms with Crippen LogP contribution in [0.25, 0.3) is 0 Å². The van der Waals surface area contributed by atoms with Crippen LogP contribution < -0.4 is 0 Å². The first-order chi connectivity index (χ1) is 36.0. The summed E-state index contributed by atoms with van der Waals surface area (Å²) >= 11 is 0. The highest BCUT2D eigenvalue weighted by molar-refractivity contribution is 5.71. The van der Waals surface area contributed by atoms with Gasteiger partial charge in [0.25, 0.3) is 0 Å². The van der Waals surface area contributed by atoms with Gasteiger partial charge in [0.2, 0.25) is 0 Å². The monoisotopic (exact) mass is 1010 g/mol. The van der Waals surface area contributed by atoms with Crippen molar-refractivity contribution in [1.82, 2.24) is 0 Å². The van der Waals surface area contributed by atoms with Crippen LogP contribution in [0.4, 0.5) is 0 Å². The minimum Gasteiger partial charge on any atom is -0.462 e. The summed E-state index contributed by atoms with van der Waals surface area (Å²) in [5, 5.41) is 0. The average molecular weight is 1010 g/mol. The van der Waals surface area contributed by atoms with Gasteiger partial charge in [-0.3, -0.25) is 14.4 Å². The molecule has 0 aliphatic heterocycles. The predicted octanol–water partition coefficient (Wildman–Crippen LogP) is 20.7. The fraction of sp³-hybridized carbons (Fsp3) is 0.687. The average Bonchev–Trinajstić information content (AvgIpc) is 3.39. The van der Waals surface area contributed by atoms with Crippen molar-refractivity contribution in [1.29, 1.82) is 0 Å². The maximum absolute atomic E-state index is 12.9. The third-order valence-corrected chi connectivity index (χ3v) is 12.7. The molecule has 0 aromatic rings. The molecule has 0 radical (unpaired) electrons.